The number of benzene rings is 1. The molecule has 0 atom stereocenters. The lowest BCUT2D eigenvalue weighted by Gasteiger charge is -2.27. The van der Waals surface area contributed by atoms with Gasteiger partial charge < -0.3 is 15.3 Å². The van der Waals surface area contributed by atoms with Crippen LogP contribution in [0, 0.1) is 13.8 Å². The molecule has 1 aliphatic rings. The molecule has 0 spiro atoms. The molecule has 1 aliphatic heterocycles. The summed E-state index contributed by atoms with van der Waals surface area (Å²) in [4.78, 5) is 24.1. The molecular weight excluding hydrogens is 280 g/mol. The zero-order valence-electron chi connectivity index (χ0n) is 13.1. The molecule has 1 aromatic rings. The van der Waals surface area contributed by atoms with Crippen LogP contribution in [0.4, 0.5) is 4.79 Å². The number of carbonyl (C=O) groups is 2. The normalized spacial score (nSPS) is 14.5. The SMILES string of the molecule is Cc1cc(C)cc(C2=CCN(C(=O)NCCC(=O)O)CC2)c1. The first kappa shape index (κ1) is 16.1. The van der Waals surface area contributed by atoms with Gasteiger partial charge in [0, 0.05) is 19.6 Å². The summed E-state index contributed by atoms with van der Waals surface area (Å²) in [6.45, 7) is 5.54. The van der Waals surface area contributed by atoms with E-state index in [1.807, 2.05) is 0 Å². The Hall–Kier alpha value is -2.30. The molecule has 0 aromatic heterocycles. The summed E-state index contributed by atoms with van der Waals surface area (Å²) < 4.78 is 0. The van der Waals surface area contributed by atoms with Gasteiger partial charge in [0.15, 0.2) is 0 Å². The van der Waals surface area contributed by atoms with Crippen molar-refractivity contribution in [1.29, 1.82) is 0 Å². The lowest BCUT2D eigenvalue weighted by atomic mass is 9.96. The zero-order chi connectivity index (χ0) is 16.1. The van der Waals surface area contributed by atoms with Crippen molar-refractivity contribution in [2.45, 2.75) is 26.7 Å². The molecule has 0 bridgehead atoms. The number of aliphatic carboxylic acids is 1. The van der Waals surface area contributed by atoms with Crippen LogP contribution in [0.15, 0.2) is 24.3 Å². The van der Waals surface area contributed by atoms with E-state index < -0.39 is 5.97 Å². The molecule has 0 unspecified atom stereocenters. The second-order valence-corrected chi connectivity index (χ2v) is 5.68. The van der Waals surface area contributed by atoms with E-state index in [4.69, 9.17) is 5.11 Å². The van der Waals surface area contributed by atoms with Gasteiger partial charge in [-0.2, -0.15) is 0 Å². The Labute approximate surface area is 130 Å². The van der Waals surface area contributed by atoms with Crippen molar-refractivity contribution in [3.8, 4) is 0 Å². The van der Waals surface area contributed by atoms with Gasteiger partial charge in [-0.15, -0.1) is 0 Å². The van der Waals surface area contributed by atoms with Gasteiger partial charge >= 0.3 is 12.0 Å². The van der Waals surface area contributed by atoms with Crippen LogP contribution in [0.5, 0.6) is 0 Å². The number of urea groups is 1. The topological polar surface area (TPSA) is 69.6 Å². The Morgan fingerprint density at radius 2 is 1.91 bits per heavy atom. The number of carboxylic acids is 1. The molecule has 2 amide bonds. The Balaban J connectivity index is 1.94. The van der Waals surface area contributed by atoms with Crippen LogP contribution in [-0.4, -0.2) is 41.6 Å². The number of hydrogen-bond donors (Lipinski definition) is 2. The molecule has 0 saturated carbocycles. The number of nitrogens with zero attached hydrogens (tertiary/aromatic N) is 1. The van der Waals surface area contributed by atoms with Crippen molar-refractivity contribution < 1.29 is 14.7 Å². The molecule has 5 nitrogen and oxygen atoms in total. The number of nitrogens with one attached hydrogen (secondary N) is 1. The first-order valence-electron chi connectivity index (χ1n) is 7.48. The minimum Gasteiger partial charge on any atom is -0.481 e. The maximum Gasteiger partial charge on any atom is 0.317 e. The summed E-state index contributed by atoms with van der Waals surface area (Å²) in [6.07, 6.45) is 2.84. The first-order chi connectivity index (χ1) is 10.5. The van der Waals surface area contributed by atoms with E-state index in [0.29, 0.717) is 13.1 Å². The van der Waals surface area contributed by atoms with E-state index in [9.17, 15) is 9.59 Å². The summed E-state index contributed by atoms with van der Waals surface area (Å²) in [6, 6.07) is 6.29. The van der Waals surface area contributed by atoms with Crippen molar-refractivity contribution in [2.75, 3.05) is 19.6 Å². The highest BCUT2D eigenvalue weighted by Gasteiger charge is 2.17. The second kappa shape index (κ2) is 7.11. The van der Waals surface area contributed by atoms with E-state index in [2.05, 4.69) is 43.4 Å². The van der Waals surface area contributed by atoms with E-state index in [1.165, 1.54) is 22.3 Å². The lowest BCUT2D eigenvalue weighted by Crippen LogP contribution is -2.42. The van der Waals surface area contributed by atoms with Crippen LogP contribution >= 0.6 is 0 Å². The van der Waals surface area contributed by atoms with Gasteiger partial charge in [0.1, 0.15) is 0 Å². The van der Waals surface area contributed by atoms with Crippen molar-refractivity contribution in [3.05, 3.63) is 41.0 Å². The molecule has 1 aromatic carbocycles. The Morgan fingerprint density at radius 1 is 1.23 bits per heavy atom. The summed E-state index contributed by atoms with van der Waals surface area (Å²) in [5, 5.41) is 11.2. The number of hydrogen-bond acceptors (Lipinski definition) is 2. The standard InChI is InChI=1S/C17H22N2O3/c1-12-9-13(2)11-15(10-12)14-4-7-19(8-5-14)17(22)18-6-3-16(20)21/h4,9-11H,3,5-8H2,1-2H3,(H,18,22)(H,20,21). The lowest BCUT2D eigenvalue weighted by molar-refractivity contribution is -0.136. The molecule has 2 N–H and O–H groups in total. The fraction of sp³-hybridized carbons (Fsp3) is 0.412. The van der Waals surface area contributed by atoms with Gasteiger partial charge in [-0.3, -0.25) is 4.79 Å². The molecular formula is C17H22N2O3. The van der Waals surface area contributed by atoms with Gasteiger partial charge in [-0.05, 0) is 31.4 Å². The smallest absolute Gasteiger partial charge is 0.317 e. The number of amides is 2. The van der Waals surface area contributed by atoms with Crippen molar-refractivity contribution in [3.63, 3.8) is 0 Å². The highest BCUT2D eigenvalue weighted by atomic mass is 16.4. The van der Waals surface area contributed by atoms with Crippen LogP contribution in [0.25, 0.3) is 5.57 Å². The van der Waals surface area contributed by atoms with E-state index in [-0.39, 0.29) is 19.0 Å². The van der Waals surface area contributed by atoms with Crippen LogP contribution in [0.1, 0.15) is 29.5 Å². The van der Waals surface area contributed by atoms with E-state index in [0.717, 1.165) is 6.42 Å². The van der Waals surface area contributed by atoms with Crippen LogP contribution < -0.4 is 5.32 Å². The fourth-order valence-corrected chi connectivity index (χ4v) is 2.66. The number of carbonyl (C=O) groups excluding carboxylic acids is 1. The molecule has 0 saturated heterocycles. The van der Waals surface area contributed by atoms with Crippen LogP contribution in [0.2, 0.25) is 0 Å². The van der Waals surface area contributed by atoms with Gasteiger partial charge in [0.2, 0.25) is 0 Å². The molecule has 1 heterocycles. The Kier molecular flexibility index (Phi) is 5.20. The summed E-state index contributed by atoms with van der Waals surface area (Å²) in [5.41, 5.74) is 4.97. The third kappa shape index (κ3) is 4.35. The summed E-state index contributed by atoms with van der Waals surface area (Å²) in [7, 11) is 0. The Morgan fingerprint density at radius 3 is 2.45 bits per heavy atom. The predicted molar refractivity (Wildman–Crippen MR) is 85.7 cm³/mol. The van der Waals surface area contributed by atoms with Crippen molar-refractivity contribution >= 4 is 17.6 Å². The monoisotopic (exact) mass is 302 g/mol. The molecule has 0 radical (unpaired) electrons. The maximum atomic E-state index is 11.9. The third-order valence-corrected chi connectivity index (χ3v) is 3.70. The molecule has 118 valence electrons. The van der Waals surface area contributed by atoms with Gasteiger partial charge in [0.05, 0.1) is 6.42 Å². The maximum absolute atomic E-state index is 11.9. The summed E-state index contributed by atoms with van der Waals surface area (Å²) >= 11 is 0. The molecule has 5 heteroatoms. The molecule has 0 aliphatic carbocycles. The molecule has 2 rings (SSSR count). The van der Waals surface area contributed by atoms with Gasteiger partial charge in [0.25, 0.3) is 0 Å². The van der Waals surface area contributed by atoms with E-state index >= 15 is 0 Å². The quantitative estimate of drug-likeness (QED) is 0.898. The average Bonchev–Trinajstić information content (AvgIpc) is 2.46. The highest BCUT2D eigenvalue weighted by Crippen LogP contribution is 2.24. The predicted octanol–water partition coefficient (Wildman–Crippen LogP) is 2.58. The fourth-order valence-electron chi connectivity index (χ4n) is 2.66. The highest BCUT2D eigenvalue weighted by molar-refractivity contribution is 5.77. The minimum atomic E-state index is -0.907. The van der Waals surface area contributed by atoms with Crippen LogP contribution in [-0.2, 0) is 4.79 Å². The van der Waals surface area contributed by atoms with Crippen molar-refractivity contribution in [2.24, 2.45) is 0 Å². The minimum absolute atomic E-state index is 0.0523. The van der Waals surface area contributed by atoms with E-state index in [1.54, 1.807) is 4.90 Å². The average molecular weight is 302 g/mol. The second-order valence-electron chi connectivity index (χ2n) is 5.68. The summed E-state index contributed by atoms with van der Waals surface area (Å²) in [5.74, 6) is -0.907. The largest absolute Gasteiger partial charge is 0.481 e. The molecule has 22 heavy (non-hydrogen) atoms. The zero-order valence-corrected chi connectivity index (χ0v) is 13.1. The third-order valence-electron chi connectivity index (χ3n) is 3.70. The number of carboxylic acid groups (broad SMARTS) is 1. The Bertz CT molecular complexity index is 588. The van der Waals surface area contributed by atoms with Gasteiger partial charge in [-0.1, -0.05) is 35.4 Å². The first-order valence-corrected chi connectivity index (χ1v) is 7.48. The molecule has 0 fully saturated rings. The number of rotatable bonds is 4. The van der Waals surface area contributed by atoms with Crippen LogP contribution in [0.3, 0.4) is 0 Å². The number of aryl methyl sites for hydroxylation is 2. The van der Waals surface area contributed by atoms with Gasteiger partial charge in [-0.25, -0.2) is 4.79 Å². The van der Waals surface area contributed by atoms with Crippen molar-refractivity contribution in [1.82, 2.24) is 10.2 Å².